The summed E-state index contributed by atoms with van der Waals surface area (Å²) < 4.78 is 1.74. The first-order valence-electron chi connectivity index (χ1n) is 7.27. The molecule has 6 heteroatoms. The Kier molecular flexibility index (Phi) is 3.87. The minimum absolute atomic E-state index is 0.0511. The first-order chi connectivity index (χ1) is 11.5. The summed E-state index contributed by atoms with van der Waals surface area (Å²) in [4.78, 5) is 36.0. The summed E-state index contributed by atoms with van der Waals surface area (Å²) in [5.74, 6) is -1.05. The number of nitrogens with one attached hydrogen (secondary N) is 1. The minimum atomic E-state index is -0.545. The van der Waals surface area contributed by atoms with Crippen LogP contribution in [-0.2, 0) is 7.05 Å². The van der Waals surface area contributed by atoms with Crippen molar-refractivity contribution in [2.24, 2.45) is 12.8 Å². The van der Waals surface area contributed by atoms with Gasteiger partial charge in [0.15, 0.2) is 0 Å². The number of hydrogen-bond acceptors (Lipinski definition) is 3. The molecule has 3 rings (SSSR count). The van der Waals surface area contributed by atoms with E-state index in [0.29, 0.717) is 16.6 Å². The lowest BCUT2D eigenvalue weighted by Crippen LogP contribution is -2.23. The third kappa shape index (κ3) is 2.77. The number of carbonyl (C=O) groups is 2. The first-order valence-corrected chi connectivity index (χ1v) is 7.27. The van der Waals surface area contributed by atoms with Gasteiger partial charge in [-0.2, -0.15) is 0 Å². The largest absolute Gasteiger partial charge is 0.366 e. The maximum atomic E-state index is 12.5. The van der Waals surface area contributed by atoms with Gasteiger partial charge in [0, 0.05) is 29.9 Å². The van der Waals surface area contributed by atoms with Crippen LogP contribution in [0.4, 0.5) is 5.69 Å². The predicted molar refractivity (Wildman–Crippen MR) is 92.1 cm³/mol. The van der Waals surface area contributed by atoms with Gasteiger partial charge in [0.25, 0.3) is 5.91 Å². The van der Waals surface area contributed by atoms with Crippen molar-refractivity contribution < 1.29 is 9.59 Å². The summed E-state index contributed by atoms with van der Waals surface area (Å²) in [5, 5.41) is 3.14. The third-order valence-electron chi connectivity index (χ3n) is 3.77. The average Bonchev–Trinajstić information content (AvgIpc) is 2.58. The van der Waals surface area contributed by atoms with Crippen LogP contribution < -0.4 is 16.5 Å². The van der Waals surface area contributed by atoms with Gasteiger partial charge >= 0.3 is 0 Å². The van der Waals surface area contributed by atoms with Crippen LogP contribution in [0.5, 0.6) is 0 Å². The summed E-state index contributed by atoms with van der Waals surface area (Å²) in [7, 11) is 1.78. The van der Waals surface area contributed by atoms with Gasteiger partial charge in [0.1, 0.15) is 5.56 Å². The number of para-hydroxylation sites is 1. The smallest absolute Gasteiger partial charge is 0.261 e. The molecule has 2 amide bonds. The number of amides is 2. The number of rotatable bonds is 3. The van der Waals surface area contributed by atoms with Gasteiger partial charge in [-0.25, -0.2) is 0 Å². The van der Waals surface area contributed by atoms with E-state index in [-0.39, 0.29) is 11.0 Å². The highest BCUT2D eigenvalue weighted by atomic mass is 16.2. The monoisotopic (exact) mass is 321 g/mol. The van der Waals surface area contributed by atoms with Gasteiger partial charge in [0.05, 0.1) is 5.52 Å². The molecule has 24 heavy (non-hydrogen) atoms. The van der Waals surface area contributed by atoms with Crippen molar-refractivity contribution >= 4 is 28.4 Å². The Bertz CT molecular complexity index is 1000. The number of carbonyl (C=O) groups excluding carboxylic acids is 2. The molecule has 0 aliphatic rings. The van der Waals surface area contributed by atoms with Crippen LogP contribution in [0.1, 0.15) is 20.7 Å². The van der Waals surface area contributed by atoms with Crippen LogP contribution in [0.3, 0.4) is 0 Å². The van der Waals surface area contributed by atoms with E-state index < -0.39 is 11.8 Å². The molecular weight excluding hydrogens is 306 g/mol. The van der Waals surface area contributed by atoms with E-state index in [4.69, 9.17) is 5.73 Å². The molecule has 120 valence electrons. The lowest BCUT2D eigenvalue weighted by atomic mass is 10.1. The van der Waals surface area contributed by atoms with Crippen LogP contribution in [0.15, 0.2) is 59.5 Å². The second-order valence-electron chi connectivity index (χ2n) is 5.40. The average molecular weight is 321 g/mol. The predicted octanol–water partition coefficient (Wildman–Crippen LogP) is 1.89. The highest BCUT2D eigenvalue weighted by Crippen LogP contribution is 2.13. The molecule has 3 aromatic rings. The first kappa shape index (κ1) is 15.5. The molecule has 0 aliphatic heterocycles. The van der Waals surface area contributed by atoms with Crippen molar-refractivity contribution in [3.63, 3.8) is 0 Å². The lowest BCUT2D eigenvalue weighted by Gasteiger charge is -2.09. The molecule has 0 aliphatic carbocycles. The second-order valence-corrected chi connectivity index (χ2v) is 5.40. The van der Waals surface area contributed by atoms with Gasteiger partial charge in [-0.15, -0.1) is 0 Å². The zero-order valence-electron chi connectivity index (χ0n) is 12.9. The van der Waals surface area contributed by atoms with Crippen LogP contribution in [0.2, 0.25) is 0 Å². The fourth-order valence-corrected chi connectivity index (χ4v) is 2.52. The number of fused-ring (bicyclic) bond motifs is 1. The molecule has 0 unspecified atom stereocenters. The third-order valence-corrected chi connectivity index (χ3v) is 3.77. The highest BCUT2D eigenvalue weighted by molar-refractivity contribution is 6.06. The Morgan fingerprint density at radius 3 is 2.38 bits per heavy atom. The Morgan fingerprint density at radius 2 is 1.71 bits per heavy atom. The number of anilines is 1. The van der Waals surface area contributed by atoms with Crippen molar-refractivity contribution in [2.75, 3.05) is 5.32 Å². The van der Waals surface area contributed by atoms with Crippen LogP contribution in [0.25, 0.3) is 10.9 Å². The van der Waals surface area contributed by atoms with Gasteiger partial charge in [-0.3, -0.25) is 14.4 Å². The molecule has 0 radical (unpaired) electrons. The molecule has 0 bridgehead atoms. The fourth-order valence-electron chi connectivity index (χ4n) is 2.52. The standard InChI is InChI=1S/C18H15N3O3/c1-21-10-14(16(22)13-4-2-3-5-15(13)21)18(24)20-12-8-6-11(7-9-12)17(19)23/h2-10H,1H3,(H2,19,23)(H,20,24). The summed E-state index contributed by atoms with van der Waals surface area (Å²) in [5.41, 5.74) is 6.47. The highest BCUT2D eigenvalue weighted by Gasteiger charge is 2.14. The number of primary amides is 1. The molecule has 6 nitrogen and oxygen atoms in total. The number of hydrogen-bond donors (Lipinski definition) is 2. The number of aromatic nitrogens is 1. The Labute approximate surface area is 137 Å². The molecule has 1 aromatic heterocycles. The van der Waals surface area contributed by atoms with Crippen molar-refractivity contribution in [3.05, 3.63) is 76.1 Å². The van der Waals surface area contributed by atoms with E-state index in [1.165, 1.54) is 18.3 Å². The summed E-state index contributed by atoms with van der Waals surface area (Å²) in [6, 6.07) is 13.2. The zero-order chi connectivity index (χ0) is 17.3. The SMILES string of the molecule is Cn1cc(C(=O)Nc2ccc(C(N)=O)cc2)c(=O)c2ccccc21. The molecule has 0 saturated heterocycles. The zero-order valence-corrected chi connectivity index (χ0v) is 12.9. The maximum Gasteiger partial charge on any atom is 0.261 e. The van der Waals surface area contributed by atoms with Crippen LogP contribution in [0, 0.1) is 0 Å². The number of pyridine rings is 1. The molecular formula is C18H15N3O3. The molecule has 2 aromatic carbocycles. The molecule has 0 spiro atoms. The summed E-state index contributed by atoms with van der Waals surface area (Å²) in [6.45, 7) is 0. The quantitative estimate of drug-likeness (QED) is 0.771. The van der Waals surface area contributed by atoms with Crippen molar-refractivity contribution in [2.45, 2.75) is 0 Å². The Hall–Kier alpha value is -3.41. The molecule has 3 N–H and O–H groups in total. The Morgan fingerprint density at radius 1 is 1.04 bits per heavy atom. The molecule has 0 fully saturated rings. The fraction of sp³-hybridized carbons (Fsp3) is 0.0556. The Balaban J connectivity index is 1.95. The number of nitrogens with zero attached hydrogens (tertiary/aromatic N) is 1. The summed E-state index contributed by atoms with van der Waals surface area (Å²) >= 11 is 0. The normalized spacial score (nSPS) is 10.5. The maximum absolute atomic E-state index is 12.5. The summed E-state index contributed by atoms with van der Waals surface area (Å²) in [6.07, 6.45) is 1.51. The molecule has 0 atom stereocenters. The van der Waals surface area contributed by atoms with Gasteiger partial charge < -0.3 is 15.6 Å². The van der Waals surface area contributed by atoms with Crippen LogP contribution in [-0.4, -0.2) is 16.4 Å². The van der Waals surface area contributed by atoms with E-state index in [9.17, 15) is 14.4 Å². The van der Waals surface area contributed by atoms with Crippen molar-refractivity contribution in [1.82, 2.24) is 4.57 Å². The van der Waals surface area contributed by atoms with Gasteiger partial charge in [0.2, 0.25) is 11.3 Å². The van der Waals surface area contributed by atoms with Gasteiger partial charge in [-0.05, 0) is 36.4 Å². The van der Waals surface area contributed by atoms with E-state index >= 15 is 0 Å². The minimum Gasteiger partial charge on any atom is -0.366 e. The van der Waals surface area contributed by atoms with E-state index in [1.807, 2.05) is 12.1 Å². The number of benzene rings is 2. The topological polar surface area (TPSA) is 94.2 Å². The number of aryl methyl sites for hydroxylation is 1. The molecule has 0 saturated carbocycles. The lowest BCUT2D eigenvalue weighted by molar-refractivity contribution is 0.0998. The van der Waals surface area contributed by atoms with E-state index in [0.717, 1.165) is 5.52 Å². The second kappa shape index (κ2) is 6.00. The van der Waals surface area contributed by atoms with E-state index in [2.05, 4.69) is 5.32 Å². The van der Waals surface area contributed by atoms with Crippen molar-refractivity contribution in [1.29, 1.82) is 0 Å². The van der Waals surface area contributed by atoms with Crippen molar-refractivity contribution in [3.8, 4) is 0 Å². The van der Waals surface area contributed by atoms with E-state index in [1.54, 1.807) is 35.9 Å². The van der Waals surface area contributed by atoms with Crippen LogP contribution >= 0.6 is 0 Å². The van der Waals surface area contributed by atoms with Gasteiger partial charge in [-0.1, -0.05) is 12.1 Å². The number of nitrogens with two attached hydrogens (primary N) is 1. The molecule has 1 heterocycles.